The lowest BCUT2D eigenvalue weighted by molar-refractivity contribution is 0.562. The minimum absolute atomic E-state index is 0.0117. The smallest absolute Gasteiger partial charge is 0.212 e. The van der Waals surface area contributed by atoms with Gasteiger partial charge in [0.15, 0.2) is 0 Å². The van der Waals surface area contributed by atoms with Crippen molar-refractivity contribution < 1.29 is 12.8 Å². The highest BCUT2D eigenvalue weighted by Gasteiger charge is 2.15. The molecule has 0 spiro atoms. The molecule has 6 heteroatoms. The van der Waals surface area contributed by atoms with Crippen molar-refractivity contribution in [3.05, 3.63) is 35.1 Å². The van der Waals surface area contributed by atoms with Gasteiger partial charge in [-0.2, -0.15) is 0 Å². The SMILES string of the molecule is Cc1ccc(C(C)NS(=O)(=O)CCCN)cc1F. The first kappa shape index (κ1) is 15.1. The van der Waals surface area contributed by atoms with Crippen LogP contribution in [-0.2, 0) is 10.0 Å². The second-order valence-corrected chi connectivity index (χ2v) is 6.18. The van der Waals surface area contributed by atoms with Crippen LogP contribution in [0.3, 0.4) is 0 Å². The first-order valence-electron chi connectivity index (χ1n) is 5.82. The van der Waals surface area contributed by atoms with Gasteiger partial charge < -0.3 is 5.73 Å². The van der Waals surface area contributed by atoms with Gasteiger partial charge in [-0.3, -0.25) is 0 Å². The van der Waals surface area contributed by atoms with Crippen LogP contribution in [0.15, 0.2) is 18.2 Å². The van der Waals surface area contributed by atoms with Crippen molar-refractivity contribution in [2.24, 2.45) is 5.73 Å². The van der Waals surface area contributed by atoms with E-state index < -0.39 is 16.1 Å². The highest BCUT2D eigenvalue weighted by atomic mass is 32.2. The largest absolute Gasteiger partial charge is 0.330 e. The number of aryl methyl sites for hydroxylation is 1. The molecule has 0 bridgehead atoms. The average Bonchev–Trinajstić information content (AvgIpc) is 2.29. The summed E-state index contributed by atoms with van der Waals surface area (Å²) in [5.74, 6) is -0.345. The number of sulfonamides is 1. The van der Waals surface area contributed by atoms with E-state index in [0.717, 1.165) is 0 Å². The molecule has 0 aromatic heterocycles. The molecule has 4 nitrogen and oxygen atoms in total. The van der Waals surface area contributed by atoms with E-state index in [0.29, 0.717) is 24.1 Å². The fourth-order valence-corrected chi connectivity index (χ4v) is 2.89. The maximum absolute atomic E-state index is 13.4. The molecule has 0 heterocycles. The van der Waals surface area contributed by atoms with E-state index in [2.05, 4.69) is 4.72 Å². The standard InChI is InChI=1S/C12H19FN2O2S/c1-9-4-5-11(8-12(9)13)10(2)15-18(16,17)7-3-6-14/h4-5,8,10,15H,3,6-7,14H2,1-2H3. The Hall–Kier alpha value is -0.980. The van der Waals surface area contributed by atoms with Crippen molar-refractivity contribution in [2.45, 2.75) is 26.3 Å². The minimum atomic E-state index is -3.37. The number of halogens is 1. The molecule has 0 fully saturated rings. The van der Waals surface area contributed by atoms with E-state index in [1.807, 2.05) is 0 Å². The molecule has 0 amide bonds. The van der Waals surface area contributed by atoms with Crippen molar-refractivity contribution in [2.75, 3.05) is 12.3 Å². The maximum atomic E-state index is 13.4. The van der Waals surface area contributed by atoms with Gasteiger partial charge in [0.2, 0.25) is 10.0 Å². The molecule has 3 N–H and O–H groups in total. The predicted octanol–water partition coefficient (Wildman–Crippen LogP) is 1.46. The lowest BCUT2D eigenvalue weighted by Gasteiger charge is -2.15. The summed E-state index contributed by atoms with van der Waals surface area (Å²) in [7, 11) is -3.37. The number of hydrogen-bond donors (Lipinski definition) is 2. The molecule has 0 aliphatic carbocycles. The molecule has 1 aromatic carbocycles. The summed E-state index contributed by atoms with van der Waals surface area (Å²) < 4.78 is 39.2. The highest BCUT2D eigenvalue weighted by molar-refractivity contribution is 7.89. The second kappa shape index (κ2) is 6.26. The van der Waals surface area contributed by atoms with E-state index in [9.17, 15) is 12.8 Å². The van der Waals surface area contributed by atoms with Crippen molar-refractivity contribution in [3.63, 3.8) is 0 Å². The monoisotopic (exact) mass is 274 g/mol. The Morgan fingerprint density at radius 3 is 2.67 bits per heavy atom. The zero-order chi connectivity index (χ0) is 13.8. The van der Waals surface area contributed by atoms with Gasteiger partial charge in [0, 0.05) is 6.04 Å². The quantitative estimate of drug-likeness (QED) is 0.825. The van der Waals surface area contributed by atoms with Gasteiger partial charge >= 0.3 is 0 Å². The van der Waals surface area contributed by atoms with Gasteiger partial charge in [-0.05, 0) is 44.0 Å². The van der Waals surface area contributed by atoms with Crippen LogP contribution < -0.4 is 10.5 Å². The number of rotatable bonds is 6. The maximum Gasteiger partial charge on any atom is 0.212 e. The summed E-state index contributed by atoms with van der Waals surface area (Å²) in [5, 5.41) is 0. The van der Waals surface area contributed by atoms with Crippen molar-refractivity contribution in [1.82, 2.24) is 4.72 Å². The number of nitrogens with two attached hydrogens (primary N) is 1. The predicted molar refractivity (Wildman–Crippen MR) is 70.1 cm³/mol. The Morgan fingerprint density at radius 1 is 1.44 bits per heavy atom. The van der Waals surface area contributed by atoms with Crippen molar-refractivity contribution in [3.8, 4) is 0 Å². The van der Waals surface area contributed by atoms with Crippen LogP contribution >= 0.6 is 0 Å². The summed E-state index contributed by atoms with van der Waals surface area (Å²) in [6.07, 6.45) is 0.407. The summed E-state index contributed by atoms with van der Waals surface area (Å²) >= 11 is 0. The van der Waals surface area contributed by atoms with E-state index in [1.165, 1.54) is 6.07 Å². The molecule has 18 heavy (non-hydrogen) atoms. The lowest BCUT2D eigenvalue weighted by Crippen LogP contribution is -2.30. The van der Waals surface area contributed by atoms with Gasteiger partial charge in [0.1, 0.15) is 5.82 Å². The molecular formula is C12H19FN2O2S. The Morgan fingerprint density at radius 2 is 2.11 bits per heavy atom. The molecule has 1 rings (SSSR count). The number of hydrogen-bond acceptors (Lipinski definition) is 3. The summed E-state index contributed by atoms with van der Waals surface area (Å²) in [4.78, 5) is 0. The van der Waals surface area contributed by atoms with Crippen LogP contribution in [0.1, 0.15) is 30.5 Å². The number of benzene rings is 1. The van der Waals surface area contributed by atoms with Crippen LogP contribution in [0.2, 0.25) is 0 Å². The van der Waals surface area contributed by atoms with Gasteiger partial charge in [-0.25, -0.2) is 17.5 Å². The zero-order valence-electron chi connectivity index (χ0n) is 10.6. The fraction of sp³-hybridized carbons (Fsp3) is 0.500. The first-order valence-corrected chi connectivity index (χ1v) is 7.47. The van der Waals surface area contributed by atoms with Gasteiger partial charge in [-0.15, -0.1) is 0 Å². The summed E-state index contributed by atoms with van der Waals surface area (Å²) in [6.45, 7) is 3.67. The topological polar surface area (TPSA) is 72.2 Å². The molecule has 1 unspecified atom stereocenters. The molecule has 0 radical (unpaired) electrons. The second-order valence-electron chi connectivity index (χ2n) is 4.31. The number of nitrogens with one attached hydrogen (secondary N) is 1. The molecule has 0 aliphatic heterocycles. The molecule has 1 aromatic rings. The third-order valence-electron chi connectivity index (χ3n) is 2.67. The van der Waals surface area contributed by atoms with Crippen LogP contribution in [0.4, 0.5) is 4.39 Å². The minimum Gasteiger partial charge on any atom is -0.330 e. The van der Waals surface area contributed by atoms with Crippen molar-refractivity contribution in [1.29, 1.82) is 0 Å². The molecule has 0 saturated carbocycles. The molecule has 102 valence electrons. The Labute approximate surface area is 107 Å². The highest BCUT2D eigenvalue weighted by Crippen LogP contribution is 2.17. The molecule has 1 atom stereocenters. The van der Waals surface area contributed by atoms with Gasteiger partial charge in [0.25, 0.3) is 0 Å². The average molecular weight is 274 g/mol. The van der Waals surface area contributed by atoms with Gasteiger partial charge in [-0.1, -0.05) is 12.1 Å². The summed E-state index contributed by atoms with van der Waals surface area (Å²) in [6, 6.07) is 4.25. The van der Waals surface area contributed by atoms with Crippen LogP contribution in [0, 0.1) is 12.7 Å². The molecule has 0 saturated heterocycles. The van der Waals surface area contributed by atoms with Crippen LogP contribution in [0.5, 0.6) is 0 Å². The van der Waals surface area contributed by atoms with E-state index in [1.54, 1.807) is 26.0 Å². The van der Waals surface area contributed by atoms with E-state index in [-0.39, 0.29) is 11.6 Å². The zero-order valence-corrected chi connectivity index (χ0v) is 11.4. The Kier molecular flexibility index (Phi) is 5.25. The normalized spacial score (nSPS) is 13.6. The van der Waals surface area contributed by atoms with E-state index >= 15 is 0 Å². The first-order chi connectivity index (χ1) is 8.35. The third kappa shape index (κ3) is 4.36. The van der Waals surface area contributed by atoms with Gasteiger partial charge in [0.05, 0.1) is 5.75 Å². The van der Waals surface area contributed by atoms with Crippen LogP contribution in [0.25, 0.3) is 0 Å². The molecular weight excluding hydrogens is 255 g/mol. The molecule has 0 aliphatic rings. The lowest BCUT2D eigenvalue weighted by atomic mass is 10.1. The third-order valence-corrected chi connectivity index (χ3v) is 4.21. The Balaban J connectivity index is 2.75. The summed E-state index contributed by atoms with van der Waals surface area (Å²) in [5.41, 5.74) is 6.42. The van der Waals surface area contributed by atoms with E-state index in [4.69, 9.17) is 5.73 Å². The fourth-order valence-electron chi connectivity index (χ4n) is 1.55. The van der Waals surface area contributed by atoms with Crippen molar-refractivity contribution >= 4 is 10.0 Å². The Bertz CT molecular complexity index is 503. The van der Waals surface area contributed by atoms with Crippen LogP contribution in [-0.4, -0.2) is 20.7 Å².